The first-order valence-corrected chi connectivity index (χ1v) is 13.1. The van der Waals surface area contributed by atoms with Crippen LogP contribution in [0.15, 0.2) is 42.1 Å². The summed E-state index contributed by atoms with van der Waals surface area (Å²) in [5.41, 5.74) is 2.58. The molecule has 0 bridgehead atoms. The molecule has 1 unspecified atom stereocenters. The van der Waals surface area contributed by atoms with Crippen LogP contribution in [-0.2, 0) is 16.1 Å². The SMILES string of the molecule is CC(C)(C)CC(=O)Nc1ccc2c(c1)nc(NC(=O)NC1=CCC(C#N)C=C1)n2CCCN1CCCC1=O. The lowest BCUT2D eigenvalue weighted by atomic mass is 9.92. The zero-order chi connectivity index (χ0) is 27.3. The Balaban J connectivity index is 1.51. The standard InChI is InChI=1S/C28H35N7O3/c1-28(2,3)17-24(36)30-21-11-12-23-22(16-21)32-26(35(23)15-5-14-34-13-4-6-25(34)37)33-27(38)31-20-9-7-19(18-29)8-10-20/h7,9-12,16,19H,4-6,8,13-15,17H2,1-3H3,(H,30,36)(H2,31,32,33,38). The van der Waals surface area contributed by atoms with Crippen LogP contribution in [0, 0.1) is 22.7 Å². The highest BCUT2D eigenvalue weighted by Gasteiger charge is 2.21. The minimum atomic E-state index is -0.443. The Bertz CT molecular complexity index is 1330. The Morgan fingerprint density at radius 2 is 2.00 bits per heavy atom. The maximum Gasteiger partial charge on any atom is 0.326 e. The molecule has 0 radical (unpaired) electrons. The Morgan fingerprint density at radius 3 is 2.66 bits per heavy atom. The van der Waals surface area contributed by atoms with E-state index in [1.165, 1.54) is 0 Å². The van der Waals surface area contributed by atoms with Crippen LogP contribution in [0.5, 0.6) is 0 Å². The third kappa shape index (κ3) is 7.00. The molecule has 10 heteroatoms. The van der Waals surface area contributed by atoms with Crippen molar-refractivity contribution in [2.24, 2.45) is 11.3 Å². The van der Waals surface area contributed by atoms with Crippen LogP contribution in [0.3, 0.4) is 0 Å². The zero-order valence-corrected chi connectivity index (χ0v) is 22.2. The molecule has 3 N–H and O–H groups in total. The minimum absolute atomic E-state index is 0.0725. The second-order valence-electron chi connectivity index (χ2n) is 11.0. The second kappa shape index (κ2) is 11.5. The number of aryl methyl sites for hydroxylation is 1. The number of amides is 4. The average Bonchev–Trinajstić information content (AvgIpc) is 3.40. The molecule has 4 rings (SSSR count). The highest BCUT2D eigenvalue weighted by Crippen LogP contribution is 2.26. The molecule has 1 aliphatic heterocycles. The molecule has 1 saturated heterocycles. The van der Waals surface area contributed by atoms with Crippen LogP contribution in [0.25, 0.3) is 11.0 Å². The Labute approximate surface area is 222 Å². The second-order valence-corrected chi connectivity index (χ2v) is 11.0. The molecule has 2 aliphatic rings. The van der Waals surface area contributed by atoms with E-state index in [0.29, 0.717) is 61.6 Å². The fraction of sp³-hybridized carbons (Fsp3) is 0.464. The fourth-order valence-corrected chi connectivity index (χ4v) is 4.65. The molecule has 10 nitrogen and oxygen atoms in total. The van der Waals surface area contributed by atoms with Crippen LogP contribution in [0.2, 0.25) is 0 Å². The number of likely N-dealkylation sites (tertiary alicyclic amines) is 1. The molecular weight excluding hydrogens is 482 g/mol. The van der Waals surface area contributed by atoms with Crippen molar-refractivity contribution >= 4 is 40.5 Å². The molecule has 0 spiro atoms. The van der Waals surface area contributed by atoms with E-state index in [9.17, 15) is 14.4 Å². The number of carbonyl (C=O) groups excluding carboxylic acids is 3. The van der Waals surface area contributed by atoms with E-state index in [4.69, 9.17) is 5.26 Å². The Kier molecular flexibility index (Phi) is 8.15. The number of imidazole rings is 1. The third-order valence-corrected chi connectivity index (χ3v) is 6.45. The number of hydrogen-bond acceptors (Lipinski definition) is 5. The number of hydrogen-bond donors (Lipinski definition) is 3. The van der Waals surface area contributed by atoms with E-state index < -0.39 is 6.03 Å². The first kappa shape index (κ1) is 26.9. The van der Waals surface area contributed by atoms with Crippen molar-refractivity contribution in [1.29, 1.82) is 5.26 Å². The van der Waals surface area contributed by atoms with E-state index in [-0.39, 0.29) is 23.1 Å². The molecule has 0 saturated carbocycles. The summed E-state index contributed by atoms with van der Waals surface area (Å²) >= 11 is 0. The van der Waals surface area contributed by atoms with Gasteiger partial charge in [-0.2, -0.15) is 5.26 Å². The number of nitrogens with zero attached hydrogens (tertiary/aromatic N) is 4. The number of nitriles is 1. The van der Waals surface area contributed by atoms with Gasteiger partial charge in [0, 0.05) is 43.9 Å². The van der Waals surface area contributed by atoms with Crippen molar-refractivity contribution in [3.63, 3.8) is 0 Å². The number of fused-ring (bicyclic) bond motifs is 1. The Hall–Kier alpha value is -4.13. The highest BCUT2D eigenvalue weighted by molar-refractivity contribution is 5.95. The molecule has 1 atom stereocenters. The van der Waals surface area contributed by atoms with Gasteiger partial charge in [-0.1, -0.05) is 32.9 Å². The number of anilines is 2. The van der Waals surface area contributed by atoms with Gasteiger partial charge in [0.05, 0.1) is 23.0 Å². The van der Waals surface area contributed by atoms with Gasteiger partial charge in [0.1, 0.15) is 0 Å². The molecular formula is C28H35N7O3. The zero-order valence-electron chi connectivity index (χ0n) is 22.2. The normalized spacial score (nSPS) is 17.3. The van der Waals surface area contributed by atoms with Crippen molar-refractivity contribution in [2.75, 3.05) is 23.7 Å². The van der Waals surface area contributed by atoms with Crippen molar-refractivity contribution in [1.82, 2.24) is 19.8 Å². The van der Waals surface area contributed by atoms with Gasteiger partial charge in [0.25, 0.3) is 0 Å². The third-order valence-electron chi connectivity index (χ3n) is 6.45. The summed E-state index contributed by atoms with van der Waals surface area (Å²) < 4.78 is 1.92. The number of aromatic nitrogens is 2. The number of nitrogens with one attached hydrogen (secondary N) is 3. The molecule has 1 aliphatic carbocycles. The molecule has 200 valence electrons. The summed E-state index contributed by atoms with van der Waals surface area (Å²) in [5, 5.41) is 17.6. The lowest BCUT2D eigenvalue weighted by molar-refractivity contribution is -0.127. The summed E-state index contributed by atoms with van der Waals surface area (Å²) in [5.74, 6) is 0.296. The van der Waals surface area contributed by atoms with Gasteiger partial charge in [0.2, 0.25) is 17.8 Å². The summed E-state index contributed by atoms with van der Waals surface area (Å²) in [4.78, 5) is 43.8. The molecule has 38 heavy (non-hydrogen) atoms. The summed E-state index contributed by atoms with van der Waals surface area (Å²) in [6, 6.07) is 7.26. The first-order valence-electron chi connectivity index (χ1n) is 13.1. The number of carbonyl (C=O) groups is 3. The number of benzene rings is 1. The predicted octanol–water partition coefficient (Wildman–Crippen LogP) is 4.53. The van der Waals surface area contributed by atoms with Crippen molar-refractivity contribution in [2.45, 2.75) is 59.4 Å². The number of rotatable bonds is 8. The van der Waals surface area contributed by atoms with Crippen molar-refractivity contribution in [3.05, 3.63) is 42.1 Å². The highest BCUT2D eigenvalue weighted by atomic mass is 16.2. The number of allylic oxidation sites excluding steroid dienone is 3. The van der Waals surface area contributed by atoms with Crippen molar-refractivity contribution < 1.29 is 14.4 Å². The summed E-state index contributed by atoms with van der Waals surface area (Å²) in [7, 11) is 0. The average molecular weight is 518 g/mol. The molecule has 1 aromatic carbocycles. The maximum absolute atomic E-state index is 12.8. The van der Waals surface area contributed by atoms with E-state index in [2.05, 4.69) is 27.0 Å². The van der Waals surface area contributed by atoms with Crippen LogP contribution < -0.4 is 16.0 Å². The van der Waals surface area contributed by atoms with Gasteiger partial charge in [-0.05, 0) is 49.0 Å². The van der Waals surface area contributed by atoms with Crippen molar-refractivity contribution in [3.8, 4) is 6.07 Å². The predicted molar refractivity (Wildman–Crippen MR) is 146 cm³/mol. The fourth-order valence-electron chi connectivity index (χ4n) is 4.65. The Morgan fingerprint density at radius 1 is 1.18 bits per heavy atom. The quantitative estimate of drug-likeness (QED) is 0.473. The smallest absolute Gasteiger partial charge is 0.326 e. The molecule has 2 aromatic rings. The number of urea groups is 1. The van der Waals surface area contributed by atoms with Gasteiger partial charge in [-0.15, -0.1) is 0 Å². The maximum atomic E-state index is 12.8. The molecule has 4 amide bonds. The van der Waals surface area contributed by atoms with E-state index >= 15 is 0 Å². The topological polar surface area (TPSA) is 132 Å². The first-order chi connectivity index (χ1) is 18.1. The van der Waals surface area contributed by atoms with Gasteiger partial charge in [-0.3, -0.25) is 14.9 Å². The largest absolute Gasteiger partial charge is 0.343 e. The summed E-state index contributed by atoms with van der Waals surface area (Å²) in [6.07, 6.45) is 8.44. The van der Waals surface area contributed by atoms with Crippen LogP contribution in [0.1, 0.15) is 52.9 Å². The van der Waals surface area contributed by atoms with Crippen LogP contribution in [0.4, 0.5) is 16.4 Å². The van der Waals surface area contributed by atoms with Crippen LogP contribution in [-0.4, -0.2) is 45.4 Å². The molecule has 1 aromatic heterocycles. The molecule has 1 fully saturated rings. The molecule has 2 heterocycles. The van der Waals surface area contributed by atoms with Gasteiger partial charge in [-0.25, -0.2) is 9.78 Å². The summed E-state index contributed by atoms with van der Waals surface area (Å²) in [6.45, 7) is 8.01. The van der Waals surface area contributed by atoms with Gasteiger partial charge < -0.3 is 20.1 Å². The van der Waals surface area contributed by atoms with Gasteiger partial charge in [0.15, 0.2) is 0 Å². The minimum Gasteiger partial charge on any atom is -0.343 e. The lowest BCUT2D eigenvalue weighted by Crippen LogP contribution is -2.30. The van der Waals surface area contributed by atoms with Crippen LogP contribution >= 0.6 is 0 Å². The van der Waals surface area contributed by atoms with E-state index in [1.807, 2.05) is 48.4 Å². The van der Waals surface area contributed by atoms with E-state index in [1.54, 1.807) is 18.2 Å². The monoisotopic (exact) mass is 517 g/mol. The van der Waals surface area contributed by atoms with E-state index in [0.717, 1.165) is 18.5 Å². The van der Waals surface area contributed by atoms with Gasteiger partial charge >= 0.3 is 6.03 Å². The lowest BCUT2D eigenvalue weighted by Gasteiger charge is -2.17.